The van der Waals surface area contributed by atoms with Crippen molar-refractivity contribution in [2.75, 3.05) is 0 Å². The monoisotopic (exact) mass is 336 g/mol. The quantitative estimate of drug-likeness (QED) is 0.761. The third-order valence-electron chi connectivity index (χ3n) is 2.63. The second-order valence-electron chi connectivity index (χ2n) is 3.89. The lowest BCUT2D eigenvalue weighted by molar-refractivity contribution is 0.475. The molecule has 104 valence electrons. The Labute approximate surface area is 134 Å². The van der Waals surface area contributed by atoms with Crippen LogP contribution in [0.3, 0.4) is 0 Å². The zero-order valence-electron chi connectivity index (χ0n) is 10.6. The van der Waals surface area contributed by atoms with Crippen molar-refractivity contribution in [1.29, 1.82) is 10.5 Å². The van der Waals surface area contributed by atoms with Crippen LogP contribution in [0.4, 0.5) is 10.7 Å². The van der Waals surface area contributed by atoms with Crippen molar-refractivity contribution in [1.82, 2.24) is 0 Å². The average molecular weight is 337 g/mol. The lowest BCUT2D eigenvalue weighted by atomic mass is 10.2. The molecule has 2 aromatic rings. The van der Waals surface area contributed by atoms with Gasteiger partial charge in [0, 0.05) is 0 Å². The lowest BCUT2D eigenvalue weighted by Crippen LogP contribution is -1.76. The van der Waals surface area contributed by atoms with Gasteiger partial charge < -0.3 is 5.11 Å². The Balaban J connectivity index is 2.47. The Hall–Kier alpha value is -2.12. The molecule has 0 aliphatic heterocycles. The zero-order valence-corrected chi connectivity index (χ0v) is 12.9. The highest BCUT2D eigenvalue weighted by atomic mass is 35.5. The fourth-order valence-electron chi connectivity index (χ4n) is 1.51. The van der Waals surface area contributed by atoms with Gasteiger partial charge in [-0.2, -0.15) is 10.5 Å². The van der Waals surface area contributed by atoms with Crippen molar-refractivity contribution in [3.63, 3.8) is 0 Å². The summed E-state index contributed by atoms with van der Waals surface area (Å²) >= 11 is 12.8. The van der Waals surface area contributed by atoms with Gasteiger partial charge in [0.1, 0.15) is 33.5 Å². The third-order valence-corrected chi connectivity index (χ3v) is 4.57. The molecule has 0 saturated carbocycles. The van der Waals surface area contributed by atoms with Crippen LogP contribution in [0, 0.1) is 29.6 Å². The number of nitrogens with zero attached hydrogens (tertiary/aromatic N) is 4. The molecular formula is C13H6Cl2N4OS. The second-order valence-corrected chi connectivity index (χ2v) is 5.65. The van der Waals surface area contributed by atoms with Crippen LogP contribution in [0.25, 0.3) is 0 Å². The van der Waals surface area contributed by atoms with E-state index < -0.39 is 0 Å². The van der Waals surface area contributed by atoms with Crippen LogP contribution >= 0.6 is 34.5 Å². The Morgan fingerprint density at radius 2 is 1.86 bits per heavy atom. The average Bonchev–Trinajstić information content (AvgIpc) is 2.79. The van der Waals surface area contributed by atoms with Crippen LogP contribution in [0.15, 0.2) is 22.4 Å². The number of rotatable bonds is 2. The third kappa shape index (κ3) is 2.84. The van der Waals surface area contributed by atoms with Crippen LogP contribution in [0.2, 0.25) is 10.0 Å². The Morgan fingerprint density at radius 1 is 1.14 bits per heavy atom. The van der Waals surface area contributed by atoms with Crippen molar-refractivity contribution in [2.45, 2.75) is 6.92 Å². The number of hydrogen-bond donors (Lipinski definition) is 1. The van der Waals surface area contributed by atoms with E-state index in [4.69, 9.17) is 33.7 Å². The van der Waals surface area contributed by atoms with E-state index in [1.165, 1.54) is 12.1 Å². The lowest BCUT2D eigenvalue weighted by Gasteiger charge is -2.01. The largest absolute Gasteiger partial charge is 0.506 e. The van der Waals surface area contributed by atoms with Crippen LogP contribution < -0.4 is 0 Å². The number of thiophene rings is 1. The van der Waals surface area contributed by atoms with E-state index >= 15 is 0 Å². The summed E-state index contributed by atoms with van der Waals surface area (Å²) in [7, 11) is 0. The molecule has 1 heterocycles. The summed E-state index contributed by atoms with van der Waals surface area (Å²) in [6.45, 7) is 1.68. The number of aromatic hydroxyl groups is 1. The molecule has 5 nitrogen and oxygen atoms in total. The number of azo groups is 1. The molecule has 1 N–H and O–H groups in total. The van der Waals surface area contributed by atoms with Crippen molar-refractivity contribution in [3.8, 4) is 17.9 Å². The minimum Gasteiger partial charge on any atom is -0.506 e. The minimum absolute atomic E-state index is 0.0197. The van der Waals surface area contributed by atoms with Crippen molar-refractivity contribution >= 4 is 45.2 Å². The first-order chi connectivity index (χ1) is 9.99. The van der Waals surface area contributed by atoms with E-state index in [9.17, 15) is 5.11 Å². The predicted octanol–water partition coefficient (Wildman–Crippen LogP) is 5.23. The molecule has 0 aliphatic rings. The van der Waals surface area contributed by atoms with E-state index in [-0.39, 0.29) is 21.5 Å². The maximum Gasteiger partial charge on any atom is 0.158 e. The summed E-state index contributed by atoms with van der Waals surface area (Å²) in [6, 6.07) is 6.79. The summed E-state index contributed by atoms with van der Waals surface area (Å²) in [4.78, 5) is 0.412. The highest BCUT2D eigenvalue weighted by molar-refractivity contribution is 7.16. The highest BCUT2D eigenvalue weighted by Gasteiger charge is 2.15. The molecule has 0 bridgehead atoms. The molecule has 1 aromatic carbocycles. The van der Waals surface area contributed by atoms with E-state index in [0.29, 0.717) is 21.0 Å². The van der Waals surface area contributed by atoms with Crippen LogP contribution in [0.1, 0.15) is 16.0 Å². The summed E-state index contributed by atoms with van der Waals surface area (Å²) in [5.41, 5.74) is 1.14. The Morgan fingerprint density at radius 3 is 2.48 bits per heavy atom. The molecule has 0 amide bonds. The van der Waals surface area contributed by atoms with Crippen LogP contribution in [-0.2, 0) is 0 Å². The molecule has 0 radical (unpaired) electrons. The van der Waals surface area contributed by atoms with Crippen molar-refractivity contribution in [2.24, 2.45) is 10.2 Å². The molecule has 8 heteroatoms. The van der Waals surface area contributed by atoms with Gasteiger partial charge in [0.25, 0.3) is 0 Å². The van der Waals surface area contributed by atoms with Crippen LogP contribution in [0.5, 0.6) is 5.75 Å². The van der Waals surface area contributed by atoms with Crippen molar-refractivity contribution < 1.29 is 5.11 Å². The number of halogens is 2. The number of phenolic OH excluding ortho intramolecular Hbond substituents is 1. The number of nitriles is 2. The highest BCUT2D eigenvalue weighted by Crippen LogP contribution is 2.40. The standard InChI is InChI=1S/C13H6Cl2N4OS/c1-6-7(4-16)13(21-10(6)5-17)19-18-8-2-3-9(20)12(15)11(8)14/h2-3,20H,1H3. The van der Waals surface area contributed by atoms with Gasteiger partial charge in [-0.3, -0.25) is 0 Å². The Kier molecular flexibility index (Phi) is 4.44. The van der Waals surface area contributed by atoms with Gasteiger partial charge in [0.05, 0.1) is 10.6 Å². The van der Waals surface area contributed by atoms with Crippen molar-refractivity contribution in [3.05, 3.63) is 38.2 Å². The van der Waals surface area contributed by atoms with E-state index in [1.54, 1.807) is 6.92 Å². The minimum atomic E-state index is -0.155. The van der Waals surface area contributed by atoms with Gasteiger partial charge in [0.2, 0.25) is 0 Å². The Bertz CT molecular complexity index is 830. The molecule has 2 rings (SSSR count). The summed E-state index contributed by atoms with van der Waals surface area (Å²) in [5, 5.41) is 35.7. The molecule has 0 saturated heterocycles. The summed E-state index contributed by atoms with van der Waals surface area (Å²) in [5.74, 6) is -0.155. The normalized spacial score (nSPS) is 10.5. The topological polar surface area (TPSA) is 92.5 Å². The first-order valence-corrected chi connectivity index (χ1v) is 7.09. The van der Waals surface area contributed by atoms with Gasteiger partial charge in [-0.15, -0.1) is 21.6 Å². The molecule has 1 aromatic heterocycles. The molecule has 21 heavy (non-hydrogen) atoms. The van der Waals surface area contributed by atoms with E-state index in [1.807, 2.05) is 12.1 Å². The first-order valence-electron chi connectivity index (χ1n) is 5.51. The van der Waals surface area contributed by atoms with E-state index in [2.05, 4.69) is 10.2 Å². The predicted molar refractivity (Wildman–Crippen MR) is 80.8 cm³/mol. The molecular weight excluding hydrogens is 331 g/mol. The SMILES string of the molecule is Cc1c(C#N)sc(N=Nc2ccc(O)c(Cl)c2Cl)c1C#N. The van der Waals surface area contributed by atoms with E-state index in [0.717, 1.165) is 11.3 Å². The molecule has 0 aliphatic carbocycles. The molecule has 0 fully saturated rings. The van der Waals surface area contributed by atoms with Crippen LogP contribution in [-0.4, -0.2) is 5.11 Å². The van der Waals surface area contributed by atoms with Gasteiger partial charge in [0.15, 0.2) is 5.00 Å². The van der Waals surface area contributed by atoms with Gasteiger partial charge in [-0.25, -0.2) is 0 Å². The second kappa shape index (κ2) is 6.11. The van der Waals surface area contributed by atoms with Gasteiger partial charge >= 0.3 is 0 Å². The number of phenols is 1. The molecule has 0 spiro atoms. The van der Waals surface area contributed by atoms with Gasteiger partial charge in [-0.05, 0) is 24.6 Å². The smallest absolute Gasteiger partial charge is 0.158 e. The fraction of sp³-hybridized carbons (Fsp3) is 0.0769. The summed E-state index contributed by atoms with van der Waals surface area (Å²) < 4.78 is 0. The maximum absolute atomic E-state index is 9.40. The molecule has 0 atom stereocenters. The fourth-order valence-corrected chi connectivity index (χ4v) is 2.75. The first kappa shape index (κ1) is 15.3. The number of benzene rings is 1. The molecule has 0 unspecified atom stereocenters. The zero-order chi connectivity index (χ0) is 15.6. The summed E-state index contributed by atoms with van der Waals surface area (Å²) in [6.07, 6.45) is 0. The number of hydrogen-bond acceptors (Lipinski definition) is 6. The van der Waals surface area contributed by atoms with Gasteiger partial charge in [-0.1, -0.05) is 23.2 Å². The maximum atomic E-state index is 9.40.